The normalized spacial score (nSPS) is 22.9. The van der Waals surface area contributed by atoms with Gasteiger partial charge < -0.3 is 24.5 Å². The molecule has 1 fully saturated rings. The van der Waals surface area contributed by atoms with Crippen LogP contribution in [0.4, 0.5) is 5.82 Å². The van der Waals surface area contributed by atoms with E-state index in [-0.39, 0.29) is 18.4 Å². The lowest BCUT2D eigenvalue weighted by molar-refractivity contribution is -0.167. The van der Waals surface area contributed by atoms with Crippen LogP contribution in [0.1, 0.15) is 12.5 Å². The highest BCUT2D eigenvalue weighted by atomic mass is 16.7. The van der Waals surface area contributed by atoms with Crippen LogP contribution in [0.3, 0.4) is 0 Å². The Morgan fingerprint density at radius 3 is 2.95 bits per heavy atom. The SMILES string of the molecule is COC(OC)[C@H]1C[C@@H](n2cnc3ccnc(N)c32)CO1. The molecule has 2 N–H and O–H groups in total. The first-order valence-corrected chi connectivity index (χ1v) is 6.48. The lowest BCUT2D eigenvalue weighted by atomic mass is 10.1. The van der Waals surface area contributed by atoms with E-state index in [1.54, 1.807) is 26.7 Å². The Labute approximate surface area is 116 Å². The number of methoxy groups -OCH3 is 2. The van der Waals surface area contributed by atoms with Gasteiger partial charge in [-0.1, -0.05) is 0 Å². The summed E-state index contributed by atoms with van der Waals surface area (Å²) in [5, 5.41) is 0. The van der Waals surface area contributed by atoms with Crippen LogP contribution >= 0.6 is 0 Å². The predicted octanol–water partition coefficient (Wildman–Crippen LogP) is 0.962. The van der Waals surface area contributed by atoms with Crippen molar-refractivity contribution >= 4 is 16.9 Å². The zero-order valence-electron chi connectivity index (χ0n) is 11.5. The number of hydrogen-bond acceptors (Lipinski definition) is 6. The Bertz CT molecular complexity index is 596. The molecule has 7 nitrogen and oxygen atoms in total. The number of aromatic nitrogens is 3. The molecule has 0 aromatic carbocycles. The van der Waals surface area contributed by atoms with Crippen molar-refractivity contribution in [2.24, 2.45) is 0 Å². The molecule has 2 aromatic heterocycles. The molecule has 1 aliphatic heterocycles. The average molecular weight is 278 g/mol. The number of imidazole rings is 1. The minimum atomic E-state index is -0.356. The number of nitrogens with zero attached hydrogens (tertiary/aromatic N) is 3. The van der Waals surface area contributed by atoms with E-state index in [0.717, 1.165) is 17.5 Å². The highest BCUT2D eigenvalue weighted by molar-refractivity contribution is 5.84. The van der Waals surface area contributed by atoms with Gasteiger partial charge in [-0.2, -0.15) is 0 Å². The molecule has 0 saturated carbocycles. The van der Waals surface area contributed by atoms with E-state index in [1.807, 2.05) is 10.6 Å². The average Bonchev–Trinajstić information content (AvgIpc) is 3.07. The summed E-state index contributed by atoms with van der Waals surface area (Å²) >= 11 is 0. The molecule has 1 saturated heterocycles. The van der Waals surface area contributed by atoms with Gasteiger partial charge in [0.1, 0.15) is 17.4 Å². The first-order valence-electron chi connectivity index (χ1n) is 6.48. The molecular formula is C13H18N4O3. The molecule has 0 radical (unpaired) electrons. The molecule has 0 aliphatic carbocycles. The molecule has 3 rings (SSSR count). The molecule has 0 amide bonds. The van der Waals surface area contributed by atoms with Crippen molar-refractivity contribution in [3.05, 3.63) is 18.6 Å². The van der Waals surface area contributed by atoms with E-state index < -0.39 is 0 Å². The van der Waals surface area contributed by atoms with Crippen LogP contribution in [0, 0.1) is 0 Å². The van der Waals surface area contributed by atoms with Crippen molar-refractivity contribution in [1.82, 2.24) is 14.5 Å². The van der Waals surface area contributed by atoms with Gasteiger partial charge in [-0.05, 0) is 6.07 Å². The van der Waals surface area contributed by atoms with Crippen LogP contribution in [0.2, 0.25) is 0 Å². The number of nitrogen functional groups attached to an aromatic ring is 1. The minimum Gasteiger partial charge on any atom is -0.382 e. The lowest BCUT2D eigenvalue weighted by Gasteiger charge is -2.19. The summed E-state index contributed by atoms with van der Waals surface area (Å²) in [6.07, 6.45) is 3.78. The maximum atomic E-state index is 5.95. The van der Waals surface area contributed by atoms with Crippen LogP contribution < -0.4 is 5.73 Å². The monoisotopic (exact) mass is 278 g/mol. The Hall–Kier alpha value is -1.70. The van der Waals surface area contributed by atoms with Gasteiger partial charge in [0.05, 0.1) is 24.5 Å². The predicted molar refractivity (Wildman–Crippen MR) is 73.1 cm³/mol. The highest BCUT2D eigenvalue weighted by Gasteiger charge is 2.33. The Balaban J connectivity index is 1.86. The zero-order valence-corrected chi connectivity index (χ0v) is 11.5. The van der Waals surface area contributed by atoms with Crippen molar-refractivity contribution in [1.29, 1.82) is 0 Å². The third kappa shape index (κ3) is 2.13. The van der Waals surface area contributed by atoms with Gasteiger partial charge in [0, 0.05) is 26.8 Å². The summed E-state index contributed by atoms with van der Waals surface area (Å²) in [4.78, 5) is 8.48. The van der Waals surface area contributed by atoms with Gasteiger partial charge in [-0.15, -0.1) is 0 Å². The fraction of sp³-hybridized carbons (Fsp3) is 0.538. The Kier molecular flexibility index (Phi) is 3.56. The number of rotatable bonds is 4. The van der Waals surface area contributed by atoms with Crippen molar-refractivity contribution in [2.75, 3.05) is 26.6 Å². The largest absolute Gasteiger partial charge is 0.382 e. The molecule has 3 heterocycles. The number of ether oxygens (including phenoxy) is 3. The third-order valence-corrected chi connectivity index (χ3v) is 3.68. The molecule has 7 heteroatoms. The smallest absolute Gasteiger partial charge is 0.183 e. The summed E-state index contributed by atoms with van der Waals surface area (Å²) in [5.41, 5.74) is 7.65. The van der Waals surface area contributed by atoms with Crippen LogP contribution in [0.25, 0.3) is 11.0 Å². The van der Waals surface area contributed by atoms with E-state index >= 15 is 0 Å². The third-order valence-electron chi connectivity index (χ3n) is 3.68. The Morgan fingerprint density at radius 2 is 2.20 bits per heavy atom. The van der Waals surface area contributed by atoms with Crippen LogP contribution in [-0.2, 0) is 14.2 Å². The molecule has 0 spiro atoms. The van der Waals surface area contributed by atoms with Crippen molar-refractivity contribution in [3.8, 4) is 0 Å². The molecule has 0 bridgehead atoms. The highest BCUT2D eigenvalue weighted by Crippen LogP contribution is 2.31. The first kappa shape index (κ1) is 13.3. The van der Waals surface area contributed by atoms with Gasteiger partial charge >= 0.3 is 0 Å². The minimum absolute atomic E-state index is 0.0923. The van der Waals surface area contributed by atoms with Crippen LogP contribution in [-0.4, -0.2) is 47.8 Å². The second-order valence-electron chi connectivity index (χ2n) is 4.82. The molecule has 0 unspecified atom stereocenters. The van der Waals surface area contributed by atoms with E-state index in [1.165, 1.54) is 0 Å². The second-order valence-corrected chi connectivity index (χ2v) is 4.82. The van der Waals surface area contributed by atoms with E-state index in [0.29, 0.717) is 12.4 Å². The fourth-order valence-corrected chi connectivity index (χ4v) is 2.71. The van der Waals surface area contributed by atoms with Crippen LogP contribution in [0.5, 0.6) is 0 Å². The number of pyridine rings is 1. The van der Waals surface area contributed by atoms with E-state index in [4.69, 9.17) is 19.9 Å². The van der Waals surface area contributed by atoms with Gasteiger partial charge in [0.15, 0.2) is 6.29 Å². The quantitative estimate of drug-likeness (QED) is 0.839. The van der Waals surface area contributed by atoms with Crippen molar-refractivity contribution in [3.63, 3.8) is 0 Å². The van der Waals surface area contributed by atoms with E-state index in [2.05, 4.69) is 9.97 Å². The summed E-state index contributed by atoms with van der Waals surface area (Å²) in [6.45, 7) is 0.577. The van der Waals surface area contributed by atoms with Crippen molar-refractivity contribution in [2.45, 2.75) is 24.9 Å². The van der Waals surface area contributed by atoms with Gasteiger partial charge in [-0.25, -0.2) is 9.97 Å². The summed E-state index contributed by atoms with van der Waals surface area (Å²) in [5.74, 6) is 0.485. The Morgan fingerprint density at radius 1 is 1.40 bits per heavy atom. The van der Waals surface area contributed by atoms with E-state index in [9.17, 15) is 0 Å². The lowest BCUT2D eigenvalue weighted by Crippen LogP contribution is -2.29. The standard InChI is InChI=1S/C13H18N4O3/c1-18-13(19-2)10-5-8(6-20-10)17-7-16-9-3-4-15-12(14)11(9)17/h3-4,7-8,10,13H,5-6H2,1-2H3,(H2,14,15)/t8-,10-/m1/s1. The summed E-state index contributed by atoms with van der Waals surface area (Å²) in [7, 11) is 3.22. The second kappa shape index (κ2) is 5.35. The van der Waals surface area contributed by atoms with Gasteiger partial charge in [0.2, 0.25) is 0 Å². The molecule has 2 atom stereocenters. The number of fused-ring (bicyclic) bond motifs is 1. The molecular weight excluding hydrogens is 260 g/mol. The van der Waals surface area contributed by atoms with Gasteiger partial charge in [-0.3, -0.25) is 0 Å². The number of anilines is 1. The first-order chi connectivity index (χ1) is 9.74. The summed E-state index contributed by atoms with van der Waals surface area (Å²) in [6, 6.07) is 2.01. The van der Waals surface area contributed by atoms with Gasteiger partial charge in [0.25, 0.3) is 0 Å². The number of hydrogen-bond donors (Lipinski definition) is 1. The summed E-state index contributed by atoms with van der Waals surface area (Å²) < 4.78 is 18.3. The molecule has 2 aromatic rings. The fourth-order valence-electron chi connectivity index (χ4n) is 2.71. The van der Waals surface area contributed by atoms with Crippen LogP contribution in [0.15, 0.2) is 18.6 Å². The topological polar surface area (TPSA) is 84.4 Å². The maximum Gasteiger partial charge on any atom is 0.183 e. The maximum absolute atomic E-state index is 5.95. The molecule has 108 valence electrons. The van der Waals surface area contributed by atoms with Crippen molar-refractivity contribution < 1.29 is 14.2 Å². The molecule has 1 aliphatic rings. The zero-order chi connectivity index (χ0) is 14.1. The molecule has 20 heavy (non-hydrogen) atoms. The number of nitrogens with two attached hydrogens (primary N) is 1.